The van der Waals surface area contributed by atoms with Crippen LogP contribution in [-0.4, -0.2) is 23.8 Å². The Morgan fingerprint density at radius 2 is 2.15 bits per heavy atom. The van der Waals surface area contributed by atoms with Crippen molar-refractivity contribution in [3.05, 3.63) is 0 Å². The Labute approximate surface area is 81.7 Å². The Balaban J connectivity index is 2.20. The van der Waals surface area contributed by atoms with Crippen LogP contribution in [0.2, 0.25) is 0 Å². The van der Waals surface area contributed by atoms with Crippen LogP contribution >= 0.6 is 0 Å². The smallest absolute Gasteiger partial charge is 0.0448 e. The molecule has 0 aromatic heterocycles. The molecule has 1 aliphatic carbocycles. The topological polar surface area (TPSA) is 32.3 Å². The largest absolute Gasteiger partial charge is 0.396 e. The fraction of sp³-hybridized carbons (Fsp3) is 1.00. The van der Waals surface area contributed by atoms with Crippen molar-refractivity contribution in [1.82, 2.24) is 5.32 Å². The van der Waals surface area contributed by atoms with E-state index in [9.17, 15) is 0 Å². The number of hydrogen-bond acceptors (Lipinski definition) is 2. The molecule has 0 spiro atoms. The molecule has 0 bridgehead atoms. The summed E-state index contributed by atoms with van der Waals surface area (Å²) < 4.78 is 0. The molecule has 1 aliphatic rings. The monoisotopic (exact) mass is 185 g/mol. The molecule has 1 rings (SSSR count). The molecule has 1 saturated carbocycles. The number of aliphatic hydroxyl groups excluding tert-OH is 1. The first-order valence-electron chi connectivity index (χ1n) is 5.56. The molecule has 13 heavy (non-hydrogen) atoms. The maximum Gasteiger partial charge on any atom is 0.0448 e. The highest BCUT2D eigenvalue weighted by Gasteiger charge is 2.24. The van der Waals surface area contributed by atoms with E-state index in [4.69, 9.17) is 5.11 Å². The molecule has 2 nitrogen and oxygen atoms in total. The average molecular weight is 185 g/mol. The fourth-order valence-electron chi connectivity index (χ4n) is 1.72. The van der Waals surface area contributed by atoms with Gasteiger partial charge in [0.25, 0.3) is 0 Å². The van der Waals surface area contributed by atoms with Gasteiger partial charge in [0.2, 0.25) is 0 Å². The van der Waals surface area contributed by atoms with E-state index >= 15 is 0 Å². The van der Waals surface area contributed by atoms with Crippen LogP contribution in [0.4, 0.5) is 0 Å². The average Bonchev–Trinajstić information content (AvgIpc) is 2.02. The maximum atomic E-state index is 8.93. The molecule has 0 amide bonds. The lowest BCUT2D eigenvalue weighted by Crippen LogP contribution is -2.45. The lowest BCUT2D eigenvalue weighted by molar-refractivity contribution is 0.194. The second kappa shape index (κ2) is 4.97. The van der Waals surface area contributed by atoms with Crippen molar-refractivity contribution in [3.63, 3.8) is 0 Å². The van der Waals surface area contributed by atoms with E-state index < -0.39 is 0 Å². The normalized spacial score (nSPS) is 22.4. The minimum absolute atomic E-state index is 0.157. The third-order valence-corrected chi connectivity index (χ3v) is 3.49. The van der Waals surface area contributed by atoms with E-state index in [-0.39, 0.29) is 5.54 Å². The summed E-state index contributed by atoms with van der Waals surface area (Å²) in [4.78, 5) is 0. The Morgan fingerprint density at radius 3 is 2.54 bits per heavy atom. The number of nitrogens with one attached hydrogen (secondary N) is 1. The Kier molecular flexibility index (Phi) is 4.20. The first-order chi connectivity index (χ1) is 6.20. The van der Waals surface area contributed by atoms with Gasteiger partial charge in [-0.15, -0.1) is 0 Å². The third kappa shape index (κ3) is 3.28. The predicted octanol–water partition coefficient (Wildman–Crippen LogP) is 1.93. The SMILES string of the molecule is CCC(C)(CCO)NCC1CCC1. The maximum absolute atomic E-state index is 8.93. The number of aliphatic hydroxyl groups is 1. The van der Waals surface area contributed by atoms with Crippen LogP contribution in [-0.2, 0) is 0 Å². The van der Waals surface area contributed by atoms with Gasteiger partial charge in [-0.1, -0.05) is 13.3 Å². The van der Waals surface area contributed by atoms with Gasteiger partial charge in [0.15, 0.2) is 0 Å². The molecule has 1 unspecified atom stereocenters. The van der Waals surface area contributed by atoms with Crippen LogP contribution in [0, 0.1) is 5.92 Å². The zero-order chi connectivity index (χ0) is 9.73. The molecule has 0 aromatic carbocycles. The highest BCUT2D eigenvalue weighted by atomic mass is 16.3. The van der Waals surface area contributed by atoms with Crippen LogP contribution in [0.5, 0.6) is 0 Å². The molecule has 2 heteroatoms. The Hall–Kier alpha value is -0.0800. The van der Waals surface area contributed by atoms with Gasteiger partial charge in [0.05, 0.1) is 0 Å². The Bertz CT molecular complexity index is 145. The minimum Gasteiger partial charge on any atom is -0.396 e. The van der Waals surface area contributed by atoms with E-state index in [1.165, 1.54) is 19.3 Å². The lowest BCUT2D eigenvalue weighted by Gasteiger charge is -2.34. The fourth-order valence-corrected chi connectivity index (χ4v) is 1.72. The standard InChI is InChI=1S/C11H23NO/c1-3-11(2,7-8-13)12-9-10-5-4-6-10/h10,12-13H,3-9H2,1-2H3. The van der Waals surface area contributed by atoms with Gasteiger partial charge >= 0.3 is 0 Å². The second-order valence-corrected chi connectivity index (χ2v) is 4.57. The van der Waals surface area contributed by atoms with E-state index in [1.54, 1.807) is 0 Å². The molecule has 1 atom stereocenters. The summed E-state index contributed by atoms with van der Waals surface area (Å²) >= 11 is 0. The van der Waals surface area contributed by atoms with Gasteiger partial charge in [-0.3, -0.25) is 0 Å². The van der Waals surface area contributed by atoms with Crippen molar-refractivity contribution in [1.29, 1.82) is 0 Å². The van der Waals surface area contributed by atoms with Crippen LogP contribution in [0.25, 0.3) is 0 Å². The van der Waals surface area contributed by atoms with E-state index in [0.29, 0.717) is 6.61 Å². The molecule has 0 aliphatic heterocycles. The minimum atomic E-state index is 0.157. The lowest BCUT2D eigenvalue weighted by atomic mass is 9.84. The van der Waals surface area contributed by atoms with Crippen molar-refractivity contribution in [2.75, 3.05) is 13.2 Å². The molecule has 0 radical (unpaired) electrons. The summed E-state index contributed by atoms with van der Waals surface area (Å²) in [5.74, 6) is 0.907. The van der Waals surface area contributed by atoms with Gasteiger partial charge in [0, 0.05) is 12.1 Å². The van der Waals surface area contributed by atoms with Crippen molar-refractivity contribution < 1.29 is 5.11 Å². The third-order valence-electron chi connectivity index (χ3n) is 3.49. The summed E-state index contributed by atoms with van der Waals surface area (Å²) in [6.07, 6.45) is 6.17. The summed E-state index contributed by atoms with van der Waals surface area (Å²) in [6, 6.07) is 0. The van der Waals surface area contributed by atoms with Crippen molar-refractivity contribution in [3.8, 4) is 0 Å². The first kappa shape index (κ1) is 11.0. The predicted molar refractivity (Wildman–Crippen MR) is 55.7 cm³/mol. The van der Waals surface area contributed by atoms with Crippen LogP contribution < -0.4 is 5.32 Å². The van der Waals surface area contributed by atoms with Gasteiger partial charge in [-0.2, -0.15) is 0 Å². The molecule has 1 fully saturated rings. The van der Waals surface area contributed by atoms with Gasteiger partial charge in [0.1, 0.15) is 0 Å². The zero-order valence-electron chi connectivity index (χ0n) is 8.97. The van der Waals surface area contributed by atoms with Gasteiger partial charge in [-0.05, 0) is 45.1 Å². The van der Waals surface area contributed by atoms with Gasteiger partial charge < -0.3 is 10.4 Å². The molecule has 0 aromatic rings. The first-order valence-corrected chi connectivity index (χ1v) is 5.56. The summed E-state index contributed by atoms with van der Waals surface area (Å²) in [5.41, 5.74) is 0.157. The van der Waals surface area contributed by atoms with Crippen LogP contribution in [0.1, 0.15) is 46.0 Å². The Morgan fingerprint density at radius 1 is 1.46 bits per heavy atom. The van der Waals surface area contributed by atoms with Gasteiger partial charge in [-0.25, -0.2) is 0 Å². The molecule has 0 saturated heterocycles. The van der Waals surface area contributed by atoms with Crippen molar-refractivity contribution in [2.24, 2.45) is 5.92 Å². The summed E-state index contributed by atoms with van der Waals surface area (Å²) in [7, 11) is 0. The number of hydrogen-bond donors (Lipinski definition) is 2. The highest BCUT2D eigenvalue weighted by molar-refractivity contribution is 4.83. The molecule has 0 heterocycles. The van der Waals surface area contributed by atoms with Crippen molar-refractivity contribution >= 4 is 0 Å². The summed E-state index contributed by atoms with van der Waals surface area (Å²) in [6.45, 7) is 5.83. The number of rotatable bonds is 6. The quantitative estimate of drug-likeness (QED) is 0.662. The second-order valence-electron chi connectivity index (χ2n) is 4.57. The van der Waals surface area contributed by atoms with E-state index in [0.717, 1.165) is 25.3 Å². The molecule has 2 N–H and O–H groups in total. The van der Waals surface area contributed by atoms with Crippen LogP contribution in [0.15, 0.2) is 0 Å². The van der Waals surface area contributed by atoms with Crippen molar-refractivity contribution in [2.45, 2.75) is 51.5 Å². The summed E-state index contributed by atoms with van der Waals surface area (Å²) in [5, 5.41) is 12.5. The van der Waals surface area contributed by atoms with Crippen LogP contribution in [0.3, 0.4) is 0 Å². The molecule has 78 valence electrons. The molecular weight excluding hydrogens is 162 g/mol. The molecular formula is C11H23NO. The van der Waals surface area contributed by atoms with E-state index in [1.807, 2.05) is 0 Å². The van der Waals surface area contributed by atoms with E-state index in [2.05, 4.69) is 19.2 Å². The zero-order valence-corrected chi connectivity index (χ0v) is 8.97. The highest BCUT2D eigenvalue weighted by Crippen LogP contribution is 2.26.